The van der Waals surface area contributed by atoms with Gasteiger partial charge in [-0.05, 0) is 47.6 Å². The number of aliphatic hydroxyl groups is 1. The maximum absolute atomic E-state index is 5.85. The van der Waals surface area contributed by atoms with Gasteiger partial charge in [0.15, 0.2) is 7.11 Å². The summed E-state index contributed by atoms with van der Waals surface area (Å²) in [7, 11) is 5.30. The highest BCUT2D eigenvalue weighted by Gasteiger charge is 2.22. The SMILES string of the molecule is CNCOc1ccccc1-c1ccc2c(-c3ccoc3)c([OH+]C)c(OC)cc2c1. The first kappa shape index (κ1) is 18.9. The summed E-state index contributed by atoms with van der Waals surface area (Å²) >= 11 is 0. The van der Waals surface area contributed by atoms with Crippen LogP contribution in [0.15, 0.2) is 71.5 Å². The zero-order chi connectivity index (χ0) is 20.2. The Morgan fingerprint density at radius 1 is 1.00 bits per heavy atom. The highest BCUT2D eigenvalue weighted by atomic mass is 16.5. The van der Waals surface area contributed by atoms with Crippen molar-refractivity contribution in [1.82, 2.24) is 5.32 Å². The number of para-hydroxylation sites is 1. The lowest BCUT2D eigenvalue weighted by atomic mass is 9.94. The molecule has 0 aliphatic carbocycles. The first-order chi connectivity index (χ1) is 14.3. The fraction of sp³-hybridized carbons (Fsp3) is 0.167. The van der Waals surface area contributed by atoms with Crippen LogP contribution in [0.1, 0.15) is 0 Å². The lowest BCUT2D eigenvalue weighted by Gasteiger charge is -2.15. The van der Waals surface area contributed by atoms with Crippen molar-refractivity contribution >= 4 is 10.8 Å². The van der Waals surface area contributed by atoms with Crippen LogP contribution in [0.3, 0.4) is 0 Å². The number of methoxy groups -OCH3 is 1. The molecule has 1 aromatic heterocycles. The highest BCUT2D eigenvalue weighted by Crippen LogP contribution is 2.45. The van der Waals surface area contributed by atoms with Crippen molar-refractivity contribution in [2.45, 2.75) is 0 Å². The van der Waals surface area contributed by atoms with Gasteiger partial charge < -0.3 is 18.6 Å². The largest absolute Gasteiger partial charge is 0.582 e. The zero-order valence-electron chi connectivity index (χ0n) is 16.7. The third-order valence-corrected chi connectivity index (χ3v) is 4.90. The van der Waals surface area contributed by atoms with Gasteiger partial charge >= 0.3 is 5.75 Å². The van der Waals surface area contributed by atoms with Crippen LogP contribution in [0.25, 0.3) is 33.0 Å². The van der Waals surface area contributed by atoms with Crippen molar-refractivity contribution in [1.29, 1.82) is 0 Å². The Morgan fingerprint density at radius 3 is 2.59 bits per heavy atom. The highest BCUT2D eigenvalue weighted by molar-refractivity contribution is 6.03. The molecule has 0 unspecified atom stereocenters. The van der Waals surface area contributed by atoms with Gasteiger partial charge in [0.2, 0.25) is 5.75 Å². The predicted molar refractivity (Wildman–Crippen MR) is 116 cm³/mol. The standard InChI is InChI=1S/C24H23NO4/c1-25-15-29-21-7-5-4-6-19(21)16-8-9-20-18(12-16)13-22(26-2)24(27-3)23(20)17-10-11-28-14-17/h4-14,25H,15H2,1-3H3/p+1. The number of furan rings is 1. The van der Waals surface area contributed by atoms with E-state index in [1.165, 1.54) is 0 Å². The first-order valence-electron chi connectivity index (χ1n) is 9.40. The molecule has 4 rings (SSSR count). The Bertz CT molecular complexity index is 1120. The number of nitrogens with one attached hydrogen (secondary N) is 1. The summed E-state index contributed by atoms with van der Waals surface area (Å²) in [6.45, 7) is 0.449. The first-order valence-corrected chi connectivity index (χ1v) is 9.40. The van der Waals surface area contributed by atoms with E-state index in [1.807, 2.05) is 37.4 Å². The van der Waals surface area contributed by atoms with E-state index in [1.54, 1.807) is 26.7 Å². The topological polar surface area (TPSA) is 56.4 Å². The second-order valence-electron chi connectivity index (χ2n) is 6.61. The minimum Gasteiger partial charge on any atom is -0.582 e. The molecule has 2 N–H and O–H groups in total. The number of hydrogen-bond donors (Lipinski definition) is 1. The lowest BCUT2D eigenvalue weighted by molar-refractivity contribution is 0.129. The van der Waals surface area contributed by atoms with Gasteiger partial charge in [-0.1, -0.05) is 30.3 Å². The second-order valence-corrected chi connectivity index (χ2v) is 6.61. The van der Waals surface area contributed by atoms with E-state index >= 15 is 0 Å². The summed E-state index contributed by atoms with van der Waals surface area (Å²) in [5.74, 6) is 2.38. The van der Waals surface area contributed by atoms with Gasteiger partial charge in [0.05, 0.1) is 25.2 Å². The van der Waals surface area contributed by atoms with Crippen LogP contribution in [-0.4, -0.2) is 32.7 Å². The molecule has 1 heterocycles. The number of hydrogen-bond acceptors (Lipinski definition) is 4. The van der Waals surface area contributed by atoms with E-state index in [-0.39, 0.29) is 0 Å². The normalized spacial score (nSPS) is 10.9. The Hall–Kier alpha value is -3.44. The molecule has 3 aromatic carbocycles. The number of benzene rings is 3. The van der Waals surface area contributed by atoms with Gasteiger partial charge in [-0.2, -0.15) is 0 Å². The molecule has 5 heteroatoms. The third kappa shape index (κ3) is 3.52. The summed E-state index contributed by atoms with van der Waals surface area (Å²) < 4.78 is 21.3. The lowest BCUT2D eigenvalue weighted by Crippen LogP contribution is -2.14. The Balaban J connectivity index is 1.92. The summed E-state index contributed by atoms with van der Waals surface area (Å²) in [5.41, 5.74) is 4.09. The van der Waals surface area contributed by atoms with E-state index in [2.05, 4.69) is 34.3 Å². The van der Waals surface area contributed by atoms with Gasteiger partial charge in [-0.15, -0.1) is 0 Å². The average molecular weight is 390 g/mol. The van der Waals surface area contributed by atoms with Crippen molar-refractivity contribution in [3.05, 3.63) is 67.1 Å². The maximum Gasteiger partial charge on any atom is 0.306 e. The van der Waals surface area contributed by atoms with Crippen molar-refractivity contribution in [2.75, 3.05) is 28.0 Å². The van der Waals surface area contributed by atoms with E-state index in [9.17, 15) is 0 Å². The van der Waals surface area contributed by atoms with Gasteiger partial charge in [0.25, 0.3) is 0 Å². The molecule has 0 fully saturated rings. The molecular weight excluding hydrogens is 366 g/mol. The molecule has 4 aromatic rings. The van der Waals surface area contributed by atoms with Gasteiger partial charge in [0, 0.05) is 11.1 Å². The van der Waals surface area contributed by atoms with E-state index < -0.39 is 0 Å². The monoisotopic (exact) mass is 390 g/mol. The van der Waals surface area contributed by atoms with Crippen LogP contribution in [0.2, 0.25) is 0 Å². The molecule has 0 spiro atoms. The zero-order valence-corrected chi connectivity index (χ0v) is 16.7. The molecule has 0 atom stereocenters. The van der Waals surface area contributed by atoms with Gasteiger partial charge in [0.1, 0.15) is 12.5 Å². The van der Waals surface area contributed by atoms with Gasteiger partial charge in [-0.25, -0.2) is 0 Å². The minimum atomic E-state index is 0.449. The Labute approximate surface area is 169 Å². The van der Waals surface area contributed by atoms with Crippen molar-refractivity contribution in [3.63, 3.8) is 0 Å². The summed E-state index contributed by atoms with van der Waals surface area (Å²) in [6, 6.07) is 18.4. The number of rotatable bonds is 7. The van der Waals surface area contributed by atoms with E-state index in [4.69, 9.17) is 13.9 Å². The van der Waals surface area contributed by atoms with Crippen LogP contribution in [0.5, 0.6) is 17.2 Å². The van der Waals surface area contributed by atoms with Crippen molar-refractivity contribution < 1.29 is 18.6 Å². The molecule has 5 nitrogen and oxygen atoms in total. The van der Waals surface area contributed by atoms with Crippen LogP contribution in [-0.2, 0) is 0 Å². The summed E-state index contributed by atoms with van der Waals surface area (Å²) in [5, 5.41) is 5.17. The summed E-state index contributed by atoms with van der Waals surface area (Å²) in [6.07, 6.45) is 3.40. The minimum absolute atomic E-state index is 0.449. The smallest absolute Gasteiger partial charge is 0.306 e. The molecule has 0 saturated heterocycles. The molecule has 0 saturated carbocycles. The fourth-order valence-corrected chi connectivity index (χ4v) is 3.60. The van der Waals surface area contributed by atoms with Gasteiger partial charge in [-0.3, -0.25) is 5.32 Å². The average Bonchev–Trinajstić information content (AvgIpc) is 3.30. The van der Waals surface area contributed by atoms with Crippen molar-refractivity contribution in [3.8, 4) is 39.5 Å². The van der Waals surface area contributed by atoms with Crippen LogP contribution in [0, 0.1) is 0 Å². The molecule has 148 valence electrons. The number of aromatic hydroxyl groups is 1. The van der Waals surface area contributed by atoms with Crippen LogP contribution < -0.4 is 14.8 Å². The molecular formula is C24H24NO4+. The molecule has 0 aliphatic heterocycles. The van der Waals surface area contributed by atoms with E-state index in [0.29, 0.717) is 6.73 Å². The molecule has 0 bridgehead atoms. The molecule has 0 amide bonds. The number of ether oxygens (including phenoxy) is 3. The molecule has 0 aliphatic rings. The van der Waals surface area contributed by atoms with Crippen LogP contribution >= 0.6 is 0 Å². The predicted octanol–water partition coefficient (Wildman–Crippen LogP) is 5.20. The molecule has 0 radical (unpaired) electrons. The second kappa shape index (κ2) is 8.29. The third-order valence-electron chi connectivity index (χ3n) is 4.90. The summed E-state index contributed by atoms with van der Waals surface area (Å²) in [4.78, 5) is 0. The number of fused-ring (bicyclic) bond motifs is 1. The van der Waals surface area contributed by atoms with Crippen LogP contribution in [0.4, 0.5) is 0 Å². The van der Waals surface area contributed by atoms with Crippen molar-refractivity contribution in [2.24, 2.45) is 0 Å². The molecule has 29 heavy (non-hydrogen) atoms. The quantitative estimate of drug-likeness (QED) is 0.348. The Morgan fingerprint density at radius 2 is 1.86 bits per heavy atom. The Kier molecular flexibility index (Phi) is 5.40. The fourth-order valence-electron chi connectivity index (χ4n) is 3.60. The maximum atomic E-state index is 5.85. The van der Waals surface area contributed by atoms with E-state index in [0.717, 1.165) is 50.3 Å².